The Hall–Kier alpha value is -1.37. The van der Waals surface area contributed by atoms with Crippen LogP contribution < -0.4 is 11.3 Å². The van der Waals surface area contributed by atoms with Gasteiger partial charge >= 0.3 is 5.91 Å². The molecule has 0 bridgehead atoms. The summed E-state index contributed by atoms with van der Waals surface area (Å²) in [4.78, 5) is 13.2. The minimum absolute atomic E-state index is 0.206. The molecule has 6 nitrogen and oxygen atoms in total. The Morgan fingerprint density at radius 2 is 2.50 bits per heavy atom. The Morgan fingerprint density at radius 1 is 1.69 bits per heavy atom. The van der Waals surface area contributed by atoms with Gasteiger partial charge in [0.1, 0.15) is 5.76 Å². The van der Waals surface area contributed by atoms with Crippen molar-refractivity contribution in [3.63, 3.8) is 0 Å². The maximum atomic E-state index is 11.1. The number of β-amino-alcohol motifs (C(OH)–C–C–N with tert-alkyl or cyclic N) is 1. The number of nitrogens with one attached hydrogen (secondary N) is 1. The number of carbonyl (C=O) groups excluding carboxylic acids is 1. The van der Waals surface area contributed by atoms with Crippen molar-refractivity contribution in [1.82, 2.24) is 10.3 Å². The average molecular weight is 225 g/mol. The first-order valence-electron chi connectivity index (χ1n) is 5.19. The molecule has 1 aromatic rings. The standard InChI is InChI=1S/C10H15N3O3/c11-12-10(15)9-2-1-8(16-9)6-13-4-3-7(14)5-13/h1-2,7,14H,3-6,11H2,(H,12,15). The van der Waals surface area contributed by atoms with Gasteiger partial charge in [0.25, 0.3) is 0 Å². The Morgan fingerprint density at radius 3 is 3.12 bits per heavy atom. The second kappa shape index (κ2) is 4.65. The monoisotopic (exact) mass is 225 g/mol. The molecular weight excluding hydrogens is 210 g/mol. The van der Waals surface area contributed by atoms with Crippen LogP contribution in [0.4, 0.5) is 0 Å². The van der Waals surface area contributed by atoms with E-state index in [1.807, 2.05) is 5.43 Å². The quantitative estimate of drug-likeness (QED) is 0.365. The predicted octanol–water partition coefficient (Wildman–Crippen LogP) is -0.550. The molecule has 0 aromatic carbocycles. The molecule has 0 spiro atoms. The number of furan rings is 1. The molecule has 16 heavy (non-hydrogen) atoms. The van der Waals surface area contributed by atoms with Crippen LogP contribution in [0.5, 0.6) is 0 Å². The number of hydrazine groups is 1. The van der Waals surface area contributed by atoms with Gasteiger partial charge in [0.15, 0.2) is 5.76 Å². The Labute approximate surface area is 93.0 Å². The van der Waals surface area contributed by atoms with Crippen LogP contribution in [0.2, 0.25) is 0 Å². The van der Waals surface area contributed by atoms with Crippen molar-refractivity contribution < 1.29 is 14.3 Å². The normalized spacial score (nSPS) is 21.2. The minimum atomic E-state index is -0.437. The fourth-order valence-electron chi connectivity index (χ4n) is 1.83. The molecule has 2 heterocycles. The molecule has 4 N–H and O–H groups in total. The van der Waals surface area contributed by atoms with E-state index in [4.69, 9.17) is 10.3 Å². The van der Waals surface area contributed by atoms with Crippen LogP contribution in [0.25, 0.3) is 0 Å². The predicted molar refractivity (Wildman–Crippen MR) is 56.3 cm³/mol. The highest BCUT2D eigenvalue weighted by molar-refractivity contribution is 5.90. The second-order valence-corrected chi connectivity index (χ2v) is 3.92. The van der Waals surface area contributed by atoms with Crippen LogP contribution in [-0.2, 0) is 6.54 Å². The topological polar surface area (TPSA) is 91.7 Å². The summed E-state index contributed by atoms with van der Waals surface area (Å²) in [7, 11) is 0. The molecule has 1 aliphatic heterocycles. The lowest BCUT2D eigenvalue weighted by Gasteiger charge is -2.12. The average Bonchev–Trinajstić information content (AvgIpc) is 2.87. The number of rotatable bonds is 3. The SMILES string of the molecule is NNC(=O)c1ccc(CN2CCC(O)C2)o1. The van der Waals surface area contributed by atoms with E-state index < -0.39 is 5.91 Å². The molecule has 1 fully saturated rings. The summed E-state index contributed by atoms with van der Waals surface area (Å²) < 4.78 is 5.32. The van der Waals surface area contributed by atoms with Crippen LogP contribution in [0.1, 0.15) is 22.7 Å². The van der Waals surface area contributed by atoms with Crippen LogP contribution >= 0.6 is 0 Å². The van der Waals surface area contributed by atoms with E-state index in [0.717, 1.165) is 13.0 Å². The molecule has 1 atom stereocenters. The summed E-state index contributed by atoms with van der Waals surface area (Å²) >= 11 is 0. The van der Waals surface area contributed by atoms with Gasteiger partial charge < -0.3 is 9.52 Å². The number of nitrogens with zero attached hydrogens (tertiary/aromatic N) is 1. The van der Waals surface area contributed by atoms with Crippen molar-refractivity contribution in [2.75, 3.05) is 13.1 Å². The van der Waals surface area contributed by atoms with Crippen molar-refractivity contribution in [2.45, 2.75) is 19.1 Å². The van der Waals surface area contributed by atoms with Gasteiger partial charge in [0.05, 0.1) is 12.6 Å². The van der Waals surface area contributed by atoms with Crippen molar-refractivity contribution in [3.05, 3.63) is 23.7 Å². The zero-order valence-corrected chi connectivity index (χ0v) is 8.85. The Bertz CT molecular complexity index is 377. The zero-order chi connectivity index (χ0) is 11.5. The van der Waals surface area contributed by atoms with E-state index in [1.165, 1.54) is 0 Å². The molecule has 0 saturated carbocycles. The van der Waals surface area contributed by atoms with Gasteiger partial charge in [0.2, 0.25) is 0 Å². The maximum Gasteiger partial charge on any atom is 0.300 e. The van der Waals surface area contributed by atoms with Crippen LogP contribution in [0, 0.1) is 0 Å². The summed E-state index contributed by atoms with van der Waals surface area (Å²) in [6, 6.07) is 3.33. The van der Waals surface area contributed by atoms with Gasteiger partial charge in [-0.3, -0.25) is 15.1 Å². The summed E-state index contributed by atoms with van der Waals surface area (Å²) in [6.07, 6.45) is 0.540. The highest BCUT2D eigenvalue weighted by atomic mass is 16.4. The number of aliphatic hydroxyl groups is 1. The number of aliphatic hydroxyl groups excluding tert-OH is 1. The number of likely N-dealkylation sites (tertiary alicyclic amines) is 1. The van der Waals surface area contributed by atoms with Gasteiger partial charge in [-0.15, -0.1) is 0 Å². The minimum Gasteiger partial charge on any atom is -0.455 e. The lowest BCUT2D eigenvalue weighted by Crippen LogP contribution is -2.29. The molecule has 88 valence electrons. The van der Waals surface area contributed by atoms with E-state index in [0.29, 0.717) is 18.8 Å². The lowest BCUT2D eigenvalue weighted by atomic mass is 10.3. The lowest BCUT2D eigenvalue weighted by molar-refractivity contribution is 0.0922. The summed E-state index contributed by atoms with van der Waals surface area (Å²) in [5, 5.41) is 9.36. The third-order valence-corrected chi connectivity index (χ3v) is 2.64. The highest BCUT2D eigenvalue weighted by Gasteiger charge is 2.21. The Balaban J connectivity index is 1.95. The second-order valence-electron chi connectivity index (χ2n) is 3.92. The molecular formula is C10H15N3O3. The fraction of sp³-hybridized carbons (Fsp3) is 0.500. The van der Waals surface area contributed by atoms with Gasteiger partial charge in [-0.25, -0.2) is 5.84 Å². The summed E-state index contributed by atoms with van der Waals surface area (Å²) in [5.74, 6) is 5.46. The van der Waals surface area contributed by atoms with Crippen LogP contribution in [-0.4, -0.2) is 35.1 Å². The van der Waals surface area contributed by atoms with Crippen molar-refractivity contribution in [3.8, 4) is 0 Å². The largest absolute Gasteiger partial charge is 0.455 e. The summed E-state index contributed by atoms with van der Waals surface area (Å²) in [6.45, 7) is 2.11. The molecule has 0 aliphatic carbocycles. The van der Waals surface area contributed by atoms with Crippen LogP contribution in [0.3, 0.4) is 0 Å². The number of nitrogens with two attached hydrogens (primary N) is 1. The van der Waals surface area contributed by atoms with E-state index in [2.05, 4.69) is 4.90 Å². The molecule has 1 unspecified atom stereocenters. The molecule has 1 amide bonds. The van der Waals surface area contributed by atoms with E-state index in [9.17, 15) is 9.90 Å². The van der Waals surface area contributed by atoms with Gasteiger partial charge in [0, 0.05) is 13.1 Å². The van der Waals surface area contributed by atoms with Crippen molar-refractivity contribution in [1.29, 1.82) is 0 Å². The molecule has 1 aliphatic rings. The Kier molecular flexibility index (Phi) is 3.23. The molecule has 6 heteroatoms. The number of carbonyl (C=O) groups is 1. The molecule has 0 radical (unpaired) electrons. The third kappa shape index (κ3) is 2.41. The molecule has 2 rings (SSSR count). The zero-order valence-electron chi connectivity index (χ0n) is 8.85. The fourth-order valence-corrected chi connectivity index (χ4v) is 1.83. The van der Waals surface area contributed by atoms with E-state index in [1.54, 1.807) is 12.1 Å². The molecule has 1 aromatic heterocycles. The third-order valence-electron chi connectivity index (χ3n) is 2.64. The van der Waals surface area contributed by atoms with E-state index in [-0.39, 0.29) is 11.9 Å². The van der Waals surface area contributed by atoms with Gasteiger partial charge in [-0.1, -0.05) is 0 Å². The first-order valence-corrected chi connectivity index (χ1v) is 5.19. The van der Waals surface area contributed by atoms with Gasteiger partial charge in [-0.2, -0.15) is 0 Å². The molecule has 1 saturated heterocycles. The van der Waals surface area contributed by atoms with Crippen LogP contribution in [0.15, 0.2) is 16.5 Å². The smallest absolute Gasteiger partial charge is 0.300 e. The summed E-state index contributed by atoms with van der Waals surface area (Å²) in [5.41, 5.74) is 2.01. The number of nitrogen functional groups attached to an aromatic ring is 1. The number of hydrogen-bond acceptors (Lipinski definition) is 5. The van der Waals surface area contributed by atoms with Crippen molar-refractivity contribution in [2.24, 2.45) is 5.84 Å². The highest BCUT2D eigenvalue weighted by Crippen LogP contribution is 2.15. The first kappa shape index (κ1) is 11.1. The number of hydrogen-bond donors (Lipinski definition) is 3. The van der Waals surface area contributed by atoms with E-state index >= 15 is 0 Å². The van der Waals surface area contributed by atoms with Crippen molar-refractivity contribution >= 4 is 5.91 Å². The first-order chi connectivity index (χ1) is 7.69. The maximum absolute atomic E-state index is 11.1. The van der Waals surface area contributed by atoms with Gasteiger partial charge in [-0.05, 0) is 18.6 Å². The number of amides is 1.